The number of pyridine rings is 1. The summed E-state index contributed by atoms with van der Waals surface area (Å²) in [5.74, 6) is 0.590. The van der Waals surface area contributed by atoms with Gasteiger partial charge in [0, 0.05) is 29.2 Å². The Balaban J connectivity index is 1.56. The van der Waals surface area contributed by atoms with Crippen molar-refractivity contribution in [3.8, 4) is 5.88 Å². The van der Waals surface area contributed by atoms with E-state index in [4.69, 9.17) is 9.72 Å². The molecule has 0 fully saturated rings. The molecule has 0 saturated carbocycles. The van der Waals surface area contributed by atoms with Crippen molar-refractivity contribution in [3.63, 3.8) is 0 Å². The second-order valence-corrected chi connectivity index (χ2v) is 7.61. The zero-order valence-corrected chi connectivity index (χ0v) is 17.2. The molecule has 2 heterocycles. The first-order chi connectivity index (χ1) is 13.7. The first-order valence-electron chi connectivity index (χ1n) is 9.55. The van der Waals surface area contributed by atoms with Crippen LogP contribution in [0.1, 0.15) is 25.5 Å². The molecule has 0 aliphatic rings. The van der Waals surface area contributed by atoms with Crippen molar-refractivity contribution in [1.29, 1.82) is 0 Å². The summed E-state index contributed by atoms with van der Waals surface area (Å²) in [5, 5.41) is 7.41. The number of carbonyl (C=O) groups excluding carboxylic acids is 1. The van der Waals surface area contributed by atoms with Gasteiger partial charge in [0.2, 0.25) is 11.8 Å². The Morgan fingerprint density at radius 1 is 1.32 bits per heavy atom. The highest BCUT2D eigenvalue weighted by Gasteiger charge is 2.10. The van der Waals surface area contributed by atoms with Crippen molar-refractivity contribution >= 4 is 33.1 Å². The summed E-state index contributed by atoms with van der Waals surface area (Å²) in [5.41, 5.74) is 1.06. The van der Waals surface area contributed by atoms with E-state index in [1.165, 1.54) is 11.3 Å². The van der Waals surface area contributed by atoms with Gasteiger partial charge in [-0.25, -0.2) is 9.97 Å². The summed E-state index contributed by atoms with van der Waals surface area (Å²) in [7, 11) is 1.90. The highest BCUT2D eigenvalue weighted by atomic mass is 32.1. The lowest BCUT2D eigenvalue weighted by atomic mass is 10.1. The van der Waals surface area contributed by atoms with Crippen LogP contribution in [0.5, 0.6) is 5.88 Å². The van der Waals surface area contributed by atoms with Gasteiger partial charge in [-0.3, -0.25) is 9.69 Å². The Morgan fingerprint density at radius 2 is 2.18 bits per heavy atom. The van der Waals surface area contributed by atoms with Crippen LogP contribution in [0.15, 0.2) is 41.9 Å². The quantitative estimate of drug-likeness (QED) is 0.559. The van der Waals surface area contributed by atoms with Gasteiger partial charge in [0.1, 0.15) is 6.61 Å². The van der Waals surface area contributed by atoms with Gasteiger partial charge in [0.15, 0.2) is 5.13 Å². The zero-order valence-electron chi connectivity index (χ0n) is 16.4. The molecule has 1 aromatic carbocycles. The number of aromatic nitrogens is 2. The Bertz CT molecular complexity index is 899. The maximum atomic E-state index is 12.0. The minimum atomic E-state index is -0.0809. The molecule has 3 rings (SSSR count). The number of likely N-dealkylation sites (N-methyl/N-ethyl adjacent to an activating group) is 1. The number of benzene rings is 1. The lowest BCUT2D eigenvalue weighted by Crippen LogP contribution is -2.33. The predicted octanol–water partition coefficient (Wildman–Crippen LogP) is 3.98. The fourth-order valence-corrected chi connectivity index (χ4v) is 3.43. The molecule has 0 atom stereocenters. The van der Waals surface area contributed by atoms with Crippen LogP contribution < -0.4 is 10.1 Å². The number of fused-ring (bicyclic) bond motifs is 1. The third-order valence-electron chi connectivity index (χ3n) is 4.35. The Kier molecular flexibility index (Phi) is 7.33. The minimum absolute atomic E-state index is 0.0809. The van der Waals surface area contributed by atoms with Gasteiger partial charge in [-0.2, -0.15) is 0 Å². The summed E-state index contributed by atoms with van der Waals surface area (Å²) in [6, 6.07) is 10.3. The molecule has 0 bridgehead atoms. The standard InChI is InChI=1S/C21H26N4O2S/c1-3-4-8-17-14-16-7-5-6-9-18(16)20(23-17)27-12-11-25(2)15-19(26)24-21-22-10-13-28-21/h5-7,9-10,13-14H,3-4,8,11-12,15H2,1-2H3,(H,22,24,26). The number of hydrogen-bond acceptors (Lipinski definition) is 6. The zero-order chi connectivity index (χ0) is 19.8. The monoisotopic (exact) mass is 398 g/mol. The largest absolute Gasteiger partial charge is 0.476 e. The molecule has 0 unspecified atom stereocenters. The van der Waals surface area contributed by atoms with Crippen molar-refractivity contribution in [2.75, 3.05) is 32.1 Å². The van der Waals surface area contributed by atoms with Gasteiger partial charge in [-0.15, -0.1) is 11.3 Å². The summed E-state index contributed by atoms with van der Waals surface area (Å²) in [4.78, 5) is 22.7. The van der Waals surface area contributed by atoms with Crippen molar-refractivity contribution in [1.82, 2.24) is 14.9 Å². The van der Waals surface area contributed by atoms with Crippen LogP contribution in [0.4, 0.5) is 5.13 Å². The number of thiazole rings is 1. The summed E-state index contributed by atoms with van der Waals surface area (Å²) >= 11 is 1.41. The SMILES string of the molecule is CCCCc1cc2ccccc2c(OCCN(C)CC(=O)Nc2nccs2)n1. The van der Waals surface area contributed by atoms with Gasteiger partial charge in [0.05, 0.1) is 6.54 Å². The van der Waals surface area contributed by atoms with Crippen LogP contribution in [0.3, 0.4) is 0 Å². The van der Waals surface area contributed by atoms with E-state index >= 15 is 0 Å². The number of rotatable bonds is 10. The maximum Gasteiger partial charge on any atom is 0.240 e. The van der Waals surface area contributed by atoms with Crippen molar-refractivity contribution < 1.29 is 9.53 Å². The van der Waals surface area contributed by atoms with Gasteiger partial charge in [-0.05, 0) is 37.4 Å². The molecule has 3 aromatic rings. The first kappa shape index (κ1) is 20.2. The average Bonchev–Trinajstić information content (AvgIpc) is 3.19. The van der Waals surface area contributed by atoms with Gasteiger partial charge >= 0.3 is 0 Å². The van der Waals surface area contributed by atoms with Crippen molar-refractivity contribution in [3.05, 3.63) is 47.6 Å². The number of unbranched alkanes of at least 4 members (excludes halogenated alkanes) is 1. The van der Waals surface area contributed by atoms with Gasteiger partial charge in [0.25, 0.3) is 0 Å². The third kappa shape index (κ3) is 5.74. The molecular weight excluding hydrogens is 372 g/mol. The van der Waals surface area contributed by atoms with E-state index in [1.54, 1.807) is 6.20 Å². The lowest BCUT2D eigenvalue weighted by molar-refractivity contribution is -0.117. The molecule has 7 heteroatoms. The van der Waals surface area contributed by atoms with Gasteiger partial charge < -0.3 is 10.1 Å². The number of hydrogen-bond donors (Lipinski definition) is 1. The van der Waals surface area contributed by atoms with Gasteiger partial charge in [-0.1, -0.05) is 31.5 Å². The fraction of sp³-hybridized carbons (Fsp3) is 0.381. The summed E-state index contributed by atoms with van der Waals surface area (Å²) in [6.45, 7) is 3.56. The van der Waals surface area contributed by atoms with E-state index in [0.29, 0.717) is 24.2 Å². The second kappa shape index (κ2) is 10.1. The molecule has 0 spiro atoms. The van der Waals surface area contributed by atoms with E-state index in [1.807, 2.05) is 35.5 Å². The summed E-state index contributed by atoms with van der Waals surface area (Å²) < 4.78 is 6.00. The van der Waals surface area contributed by atoms with E-state index in [9.17, 15) is 4.79 Å². The molecule has 148 valence electrons. The smallest absolute Gasteiger partial charge is 0.240 e. The lowest BCUT2D eigenvalue weighted by Gasteiger charge is -2.17. The third-order valence-corrected chi connectivity index (χ3v) is 5.04. The molecule has 2 aromatic heterocycles. The highest BCUT2D eigenvalue weighted by molar-refractivity contribution is 7.13. The van der Waals surface area contributed by atoms with Crippen LogP contribution in [0.25, 0.3) is 10.8 Å². The number of ether oxygens (including phenoxy) is 1. The van der Waals surface area contributed by atoms with Crippen LogP contribution in [-0.4, -0.2) is 47.5 Å². The minimum Gasteiger partial charge on any atom is -0.476 e. The highest BCUT2D eigenvalue weighted by Crippen LogP contribution is 2.25. The van der Waals surface area contributed by atoms with Crippen LogP contribution in [0, 0.1) is 0 Å². The first-order valence-corrected chi connectivity index (χ1v) is 10.4. The fourth-order valence-electron chi connectivity index (χ4n) is 2.88. The average molecular weight is 399 g/mol. The molecule has 6 nitrogen and oxygen atoms in total. The normalized spacial score (nSPS) is 11.1. The molecule has 0 saturated heterocycles. The molecule has 28 heavy (non-hydrogen) atoms. The number of carbonyl (C=O) groups is 1. The molecule has 0 radical (unpaired) electrons. The number of amides is 1. The summed E-state index contributed by atoms with van der Waals surface area (Å²) in [6.07, 6.45) is 4.87. The number of anilines is 1. The number of nitrogens with zero attached hydrogens (tertiary/aromatic N) is 3. The van der Waals surface area contributed by atoms with E-state index in [-0.39, 0.29) is 12.5 Å². The van der Waals surface area contributed by atoms with Crippen LogP contribution in [0.2, 0.25) is 0 Å². The Hall–Kier alpha value is -2.51. The Labute approximate surface area is 169 Å². The van der Waals surface area contributed by atoms with Crippen LogP contribution >= 0.6 is 11.3 Å². The number of aryl methyl sites for hydroxylation is 1. The Morgan fingerprint density at radius 3 is 2.96 bits per heavy atom. The van der Waals surface area contributed by atoms with E-state index in [2.05, 4.69) is 29.4 Å². The molecule has 1 N–H and O–H groups in total. The molecule has 0 aliphatic heterocycles. The van der Waals surface area contributed by atoms with E-state index < -0.39 is 0 Å². The van der Waals surface area contributed by atoms with E-state index in [0.717, 1.165) is 35.7 Å². The molecular formula is C21H26N4O2S. The maximum absolute atomic E-state index is 12.0. The molecule has 1 amide bonds. The van der Waals surface area contributed by atoms with Crippen molar-refractivity contribution in [2.45, 2.75) is 26.2 Å². The second-order valence-electron chi connectivity index (χ2n) is 6.72. The molecule has 0 aliphatic carbocycles. The van der Waals surface area contributed by atoms with Crippen molar-refractivity contribution in [2.24, 2.45) is 0 Å². The predicted molar refractivity (Wildman–Crippen MR) is 114 cm³/mol. The van der Waals surface area contributed by atoms with Crippen LogP contribution in [-0.2, 0) is 11.2 Å². The topological polar surface area (TPSA) is 67.3 Å². The number of nitrogens with one attached hydrogen (secondary N) is 1.